The summed E-state index contributed by atoms with van der Waals surface area (Å²) in [7, 11) is 0. The van der Waals surface area contributed by atoms with Crippen molar-refractivity contribution in [3.8, 4) is 5.75 Å². The van der Waals surface area contributed by atoms with Crippen molar-refractivity contribution in [2.45, 2.75) is 51.7 Å². The summed E-state index contributed by atoms with van der Waals surface area (Å²) in [4.78, 5) is 30.6. The molecule has 2 heterocycles. The number of hydrogen-bond donors (Lipinski definition) is 1. The van der Waals surface area contributed by atoms with Crippen LogP contribution in [0.2, 0.25) is 5.02 Å². The van der Waals surface area contributed by atoms with E-state index in [-0.39, 0.29) is 24.3 Å². The van der Waals surface area contributed by atoms with E-state index in [9.17, 15) is 9.59 Å². The zero-order valence-corrected chi connectivity index (χ0v) is 18.2. The van der Waals surface area contributed by atoms with Gasteiger partial charge in [0, 0.05) is 68.1 Å². The minimum Gasteiger partial charge on any atom is -0.490 e. The van der Waals surface area contributed by atoms with Gasteiger partial charge in [0.25, 0.3) is 0 Å². The third-order valence-corrected chi connectivity index (χ3v) is 5.63. The molecule has 1 aromatic heterocycles. The number of benzene rings is 1. The quantitative estimate of drug-likeness (QED) is 0.693. The largest absolute Gasteiger partial charge is 0.490 e. The Morgan fingerprint density at radius 3 is 2.87 bits per heavy atom. The summed E-state index contributed by atoms with van der Waals surface area (Å²) in [5.74, 6) is 1.45. The van der Waals surface area contributed by atoms with Gasteiger partial charge in [0.05, 0.1) is 0 Å². The number of aromatic nitrogens is 2. The maximum absolute atomic E-state index is 12.8. The van der Waals surface area contributed by atoms with Crippen LogP contribution < -0.4 is 10.5 Å². The first-order chi connectivity index (χ1) is 14.3. The SMILES string of the molecule is CC(C)c1nccn1CCC(=O)N1CC[C@H](Oc2cccc(Cl)c2)[C@@H](CC(N)=O)C1. The molecule has 0 saturated carbocycles. The van der Waals surface area contributed by atoms with E-state index in [1.54, 1.807) is 18.3 Å². The minimum absolute atomic E-state index is 0.0640. The minimum atomic E-state index is -0.394. The number of nitrogens with two attached hydrogens (primary N) is 1. The summed E-state index contributed by atoms with van der Waals surface area (Å²) in [5, 5.41) is 0.590. The first kappa shape index (κ1) is 22.2. The Kier molecular flexibility index (Phi) is 7.37. The number of amides is 2. The summed E-state index contributed by atoms with van der Waals surface area (Å²) in [6.07, 6.45) is 4.68. The van der Waals surface area contributed by atoms with Crippen molar-refractivity contribution < 1.29 is 14.3 Å². The molecule has 2 N–H and O–H groups in total. The lowest BCUT2D eigenvalue weighted by Crippen LogP contribution is -2.49. The molecule has 1 aromatic carbocycles. The van der Waals surface area contributed by atoms with Gasteiger partial charge in [-0.05, 0) is 18.2 Å². The highest BCUT2D eigenvalue weighted by molar-refractivity contribution is 6.30. The van der Waals surface area contributed by atoms with Crippen LogP contribution in [0.15, 0.2) is 36.7 Å². The summed E-state index contributed by atoms with van der Waals surface area (Å²) in [6, 6.07) is 7.18. The standard InChI is InChI=1S/C22H29ClN4O3/c1-15(2)22-25-8-11-26(22)10-7-21(29)27-9-6-19(16(14-27)12-20(24)28)30-18-5-3-4-17(23)13-18/h3-5,8,11,13,15-16,19H,6-7,9-10,12,14H2,1-2H3,(H2,24,28)/t16-,19-/m0/s1. The molecule has 7 nitrogen and oxygen atoms in total. The molecule has 3 rings (SSSR count). The molecule has 0 spiro atoms. The molecule has 0 aliphatic carbocycles. The molecule has 30 heavy (non-hydrogen) atoms. The second-order valence-corrected chi connectivity index (χ2v) is 8.49. The first-order valence-corrected chi connectivity index (χ1v) is 10.7. The van der Waals surface area contributed by atoms with Gasteiger partial charge in [-0.15, -0.1) is 0 Å². The highest BCUT2D eigenvalue weighted by atomic mass is 35.5. The molecule has 8 heteroatoms. The molecule has 162 valence electrons. The van der Waals surface area contributed by atoms with Gasteiger partial charge in [-0.25, -0.2) is 4.98 Å². The van der Waals surface area contributed by atoms with Crippen molar-refractivity contribution in [3.05, 3.63) is 47.5 Å². The Labute approximate surface area is 182 Å². The molecule has 1 aliphatic rings. The Hall–Kier alpha value is -2.54. The van der Waals surface area contributed by atoms with Crippen LogP contribution in [0.25, 0.3) is 0 Å². The Balaban J connectivity index is 1.61. The van der Waals surface area contributed by atoms with E-state index in [4.69, 9.17) is 22.1 Å². The van der Waals surface area contributed by atoms with E-state index in [0.717, 1.165) is 5.82 Å². The highest BCUT2D eigenvalue weighted by Gasteiger charge is 2.34. The van der Waals surface area contributed by atoms with E-state index in [1.807, 2.05) is 27.8 Å². The third kappa shape index (κ3) is 5.75. The van der Waals surface area contributed by atoms with Gasteiger partial charge in [-0.2, -0.15) is 0 Å². The van der Waals surface area contributed by atoms with Crippen molar-refractivity contribution in [2.75, 3.05) is 13.1 Å². The number of primary amides is 1. The Morgan fingerprint density at radius 2 is 2.17 bits per heavy atom. The number of imidazole rings is 1. The molecular weight excluding hydrogens is 404 g/mol. The van der Waals surface area contributed by atoms with Gasteiger partial charge >= 0.3 is 0 Å². The lowest BCUT2D eigenvalue weighted by molar-refractivity contribution is -0.136. The van der Waals surface area contributed by atoms with Crippen LogP contribution in [0, 0.1) is 5.92 Å². The smallest absolute Gasteiger partial charge is 0.224 e. The van der Waals surface area contributed by atoms with E-state index in [1.165, 1.54) is 0 Å². The van der Waals surface area contributed by atoms with E-state index < -0.39 is 5.91 Å². The Bertz CT molecular complexity index is 883. The molecule has 2 atom stereocenters. The number of ether oxygens (including phenoxy) is 1. The van der Waals surface area contributed by atoms with Gasteiger partial charge < -0.3 is 19.9 Å². The maximum atomic E-state index is 12.8. The number of likely N-dealkylation sites (tertiary alicyclic amines) is 1. The zero-order valence-electron chi connectivity index (χ0n) is 17.5. The van der Waals surface area contributed by atoms with Gasteiger partial charge in [0.1, 0.15) is 17.7 Å². The molecule has 2 amide bonds. The van der Waals surface area contributed by atoms with Crippen LogP contribution in [-0.2, 0) is 16.1 Å². The fourth-order valence-corrected chi connectivity index (χ4v) is 4.13. The lowest BCUT2D eigenvalue weighted by Gasteiger charge is -2.38. The second-order valence-electron chi connectivity index (χ2n) is 8.06. The fourth-order valence-electron chi connectivity index (χ4n) is 3.95. The van der Waals surface area contributed by atoms with Gasteiger partial charge in [0.2, 0.25) is 11.8 Å². The van der Waals surface area contributed by atoms with E-state index >= 15 is 0 Å². The number of hydrogen-bond acceptors (Lipinski definition) is 4. The van der Waals surface area contributed by atoms with Gasteiger partial charge in [0.15, 0.2) is 0 Å². The van der Waals surface area contributed by atoms with Crippen molar-refractivity contribution in [2.24, 2.45) is 11.7 Å². The molecule has 0 unspecified atom stereocenters. The normalized spacial score (nSPS) is 19.1. The number of rotatable bonds is 8. The fraction of sp³-hybridized carbons (Fsp3) is 0.500. The number of piperidine rings is 1. The van der Waals surface area contributed by atoms with Gasteiger partial charge in [-0.1, -0.05) is 31.5 Å². The van der Waals surface area contributed by atoms with Crippen molar-refractivity contribution >= 4 is 23.4 Å². The predicted molar refractivity (Wildman–Crippen MR) is 115 cm³/mol. The molecule has 1 aliphatic heterocycles. The molecular formula is C22H29ClN4O3. The van der Waals surface area contributed by atoms with Crippen LogP contribution >= 0.6 is 11.6 Å². The van der Waals surface area contributed by atoms with Crippen molar-refractivity contribution in [3.63, 3.8) is 0 Å². The number of halogens is 1. The molecule has 2 aromatic rings. The zero-order chi connectivity index (χ0) is 21.7. The third-order valence-electron chi connectivity index (χ3n) is 5.39. The summed E-state index contributed by atoms with van der Waals surface area (Å²) < 4.78 is 8.12. The number of carbonyl (C=O) groups is 2. The van der Waals surface area contributed by atoms with Crippen molar-refractivity contribution in [1.82, 2.24) is 14.5 Å². The van der Waals surface area contributed by atoms with Gasteiger partial charge in [-0.3, -0.25) is 9.59 Å². The summed E-state index contributed by atoms with van der Waals surface area (Å²) >= 11 is 6.04. The lowest BCUT2D eigenvalue weighted by atomic mass is 9.91. The highest BCUT2D eigenvalue weighted by Crippen LogP contribution is 2.27. The Morgan fingerprint density at radius 1 is 1.37 bits per heavy atom. The van der Waals surface area contributed by atoms with Crippen molar-refractivity contribution in [1.29, 1.82) is 0 Å². The summed E-state index contributed by atoms with van der Waals surface area (Å²) in [5.41, 5.74) is 5.46. The van der Waals surface area contributed by atoms with Crippen LogP contribution in [0.1, 0.15) is 44.9 Å². The number of carbonyl (C=O) groups excluding carboxylic acids is 2. The topological polar surface area (TPSA) is 90.4 Å². The van der Waals surface area contributed by atoms with Crippen LogP contribution in [0.5, 0.6) is 5.75 Å². The van der Waals surface area contributed by atoms with Crippen LogP contribution in [0.4, 0.5) is 0 Å². The molecule has 1 fully saturated rings. The van der Waals surface area contributed by atoms with Crippen LogP contribution in [0.3, 0.4) is 0 Å². The van der Waals surface area contributed by atoms with E-state index in [0.29, 0.717) is 49.2 Å². The average Bonchev–Trinajstić information content (AvgIpc) is 3.16. The van der Waals surface area contributed by atoms with E-state index in [2.05, 4.69) is 18.8 Å². The maximum Gasteiger partial charge on any atom is 0.224 e. The molecule has 1 saturated heterocycles. The number of nitrogens with zero attached hydrogens (tertiary/aromatic N) is 3. The predicted octanol–water partition coefficient (Wildman–Crippen LogP) is 3.22. The number of aryl methyl sites for hydroxylation is 1. The molecule has 0 bridgehead atoms. The first-order valence-electron chi connectivity index (χ1n) is 10.3. The van der Waals surface area contributed by atoms with Crippen LogP contribution in [-0.4, -0.2) is 45.5 Å². The average molecular weight is 433 g/mol. The monoisotopic (exact) mass is 432 g/mol. The second kappa shape index (κ2) is 9.98. The molecule has 0 radical (unpaired) electrons. The summed E-state index contributed by atoms with van der Waals surface area (Å²) in [6.45, 7) is 5.79.